The predicted octanol–water partition coefficient (Wildman–Crippen LogP) is 1.71. The summed E-state index contributed by atoms with van der Waals surface area (Å²) in [5.74, 6) is 1.65. The number of fused-ring (bicyclic) bond motifs is 1. The first-order valence-electron chi connectivity index (χ1n) is 5.40. The monoisotopic (exact) mass is 209 g/mol. The van der Waals surface area contributed by atoms with E-state index in [1.54, 1.807) is 0 Å². The van der Waals surface area contributed by atoms with Crippen LogP contribution in [0, 0.1) is 12.3 Å². The second-order valence-electron chi connectivity index (χ2n) is 5.22. The van der Waals surface area contributed by atoms with Crippen LogP contribution < -0.4 is 5.73 Å². The Labute approximate surface area is 90.3 Å². The quantitative estimate of drug-likeness (QED) is 0.740. The van der Waals surface area contributed by atoms with E-state index in [0.717, 1.165) is 29.9 Å². The van der Waals surface area contributed by atoms with Crippen molar-refractivity contribution in [2.24, 2.45) is 11.1 Å². The summed E-state index contributed by atoms with van der Waals surface area (Å²) in [6.07, 6.45) is 1.97. The molecule has 0 saturated carbocycles. The second kappa shape index (κ2) is 3.09. The maximum atomic E-state index is 9.56. The third-order valence-corrected chi connectivity index (χ3v) is 3.81. The summed E-state index contributed by atoms with van der Waals surface area (Å²) in [4.78, 5) is 0. The Morgan fingerprint density at radius 1 is 1.53 bits per heavy atom. The van der Waals surface area contributed by atoms with Gasteiger partial charge in [0.25, 0.3) is 0 Å². The summed E-state index contributed by atoms with van der Waals surface area (Å²) >= 11 is 0. The topological polar surface area (TPSA) is 59.4 Å². The van der Waals surface area contributed by atoms with E-state index in [9.17, 15) is 5.11 Å². The van der Waals surface area contributed by atoms with E-state index >= 15 is 0 Å². The smallest absolute Gasteiger partial charge is 0.130 e. The van der Waals surface area contributed by atoms with Crippen molar-refractivity contribution in [3.63, 3.8) is 0 Å². The largest absolute Gasteiger partial charge is 0.464 e. The lowest BCUT2D eigenvalue weighted by molar-refractivity contribution is 0.0437. The summed E-state index contributed by atoms with van der Waals surface area (Å²) < 4.78 is 5.66. The Morgan fingerprint density at radius 3 is 2.80 bits per heavy atom. The van der Waals surface area contributed by atoms with Crippen LogP contribution in [0.2, 0.25) is 0 Å². The molecule has 3 N–H and O–H groups in total. The second-order valence-corrected chi connectivity index (χ2v) is 5.22. The zero-order valence-electron chi connectivity index (χ0n) is 9.63. The highest BCUT2D eigenvalue weighted by molar-refractivity contribution is 5.33. The number of nitrogens with two attached hydrogens (primary N) is 1. The number of aryl methyl sites for hydroxylation is 2. The van der Waals surface area contributed by atoms with E-state index in [2.05, 4.69) is 13.8 Å². The van der Waals surface area contributed by atoms with Crippen molar-refractivity contribution < 1.29 is 9.52 Å². The minimum atomic E-state index is -0.741. The Balaban J connectivity index is 2.58. The molecule has 0 fully saturated rings. The first kappa shape index (κ1) is 10.7. The molecule has 1 aliphatic rings. The van der Waals surface area contributed by atoms with Crippen LogP contribution in [0.25, 0.3) is 0 Å². The van der Waals surface area contributed by atoms with Gasteiger partial charge in [-0.25, -0.2) is 0 Å². The fraction of sp³-hybridized carbons (Fsp3) is 0.667. The van der Waals surface area contributed by atoms with Gasteiger partial charge in [-0.3, -0.25) is 0 Å². The molecule has 0 spiro atoms. The van der Waals surface area contributed by atoms with Crippen molar-refractivity contribution in [2.45, 2.75) is 39.2 Å². The average molecular weight is 209 g/mol. The highest BCUT2D eigenvalue weighted by atomic mass is 16.3. The molecule has 15 heavy (non-hydrogen) atoms. The zero-order valence-corrected chi connectivity index (χ0v) is 9.63. The number of hydrogen-bond acceptors (Lipinski definition) is 3. The first-order chi connectivity index (χ1) is 6.90. The van der Waals surface area contributed by atoms with E-state index in [1.807, 2.05) is 13.0 Å². The van der Waals surface area contributed by atoms with Gasteiger partial charge in [-0.15, -0.1) is 0 Å². The summed E-state index contributed by atoms with van der Waals surface area (Å²) in [7, 11) is 0. The molecule has 0 aliphatic heterocycles. The predicted molar refractivity (Wildman–Crippen MR) is 58.5 cm³/mol. The molecule has 0 radical (unpaired) electrons. The third kappa shape index (κ3) is 1.34. The molecule has 0 amide bonds. The summed E-state index contributed by atoms with van der Waals surface area (Å²) in [5.41, 5.74) is 6.61. The highest BCUT2D eigenvalue weighted by Gasteiger charge is 2.49. The molecule has 2 rings (SSSR count). The van der Waals surface area contributed by atoms with Crippen LogP contribution in [0.5, 0.6) is 0 Å². The Bertz CT molecular complexity index is 381. The van der Waals surface area contributed by atoms with Crippen LogP contribution >= 0.6 is 0 Å². The molecular formula is C12H19NO2. The molecule has 0 saturated heterocycles. The van der Waals surface area contributed by atoms with Gasteiger partial charge >= 0.3 is 0 Å². The van der Waals surface area contributed by atoms with Crippen LogP contribution in [0.3, 0.4) is 0 Å². The van der Waals surface area contributed by atoms with Gasteiger partial charge in [0.1, 0.15) is 17.1 Å². The van der Waals surface area contributed by atoms with Gasteiger partial charge in [-0.05, 0) is 36.8 Å². The molecule has 3 heteroatoms. The summed E-state index contributed by atoms with van der Waals surface area (Å²) in [6.45, 7) is 6.02. The van der Waals surface area contributed by atoms with E-state index in [0.29, 0.717) is 0 Å². The molecule has 1 aromatic heterocycles. The van der Waals surface area contributed by atoms with Crippen molar-refractivity contribution in [2.75, 3.05) is 6.61 Å². The first-order valence-corrected chi connectivity index (χ1v) is 5.40. The Morgan fingerprint density at radius 2 is 2.20 bits per heavy atom. The molecule has 3 nitrogen and oxygen atoms in total. The van der Waals surface area contributed by atoms with Crippen LogP contribution in [-0.2, 0) is 12.0 Å². The lowest BCUT2D eigenvalue weighted by atomic mass is 9.64. The van der Waals surface area contributed by atoms with Gasteiger partial charge in [0.2, 0.25) is 0 Å². The van der Waals surface area contributed by atoms with Gasteiger partial charge in [-0.2, -0.15) is 0 Å². The maximum Gasteiger partial charge on any atom is 0.130 e. The third-order valence-electron chi connectivity index (χ3n) is 3.81. The molecule has 1 unspecified atom stereocenters. The molecule has 0 aromatic carbocycles. The number of rotatable bonds is 1. The maximum absolute atomic E-state index is 9.56. The Kier molecular flexibility index (Phi) is 2.21. The number of furan rings is 1. The van der Waals surface area contributed by atoms with Crippen molar-refractivity contribution in [3.8, 4) is 0 Å². The number of hydrogen-bond donors (Lipinski definition) is 2. The fourth-order valence-electron chi connectivity index (χ4n) is 2.39. The molecule has 1 aliphatic carbocycles. The minimum absolute atomic E-state index is 0.0695. The van der Waals surface area contributed by atoms with E-state index in [4.69, 9.17) is 10.2 Å². The van der Waals surface area contributed by atoms with E-state index in [-0.39, 0.29) is 12.0 Å². The van der Waals surface area contributed by atoms with Gasteiger partial charge < -0.3 is 15.3 Å². The van der Waals surface area contributed by atoms with Crippen LogP contribution in [0.1, 0.15) is 37.4 Å². The number of aliphatic hydroxyl groups is 1. The lowest BCUT2D eigenvalue weighted by Gasteiger charge is -2.45. The van der Waals surface area contributed by atoms with E-state index < -0.39 is 5.54 Å². The lowest BCUT2D eigenvalue weighted by Crippen LogP contribution is -2.55. The van der Waals surface area contributed by atoms with Gasteiger partial charge in [0, 0.05) is 0 Å². The van der Waals surface area contributed by atoms with Crippen LogP contribution in [0.15, 0.2) is 10.5 Å². The van der Waals surface area contributed by atoms with Gasteiger partial charge in [0.05, 0.1) is 6.61 Å². The molecule has 1 aromatic rings. The van der Waals surface area contributed by atoms with Crippen molar-refractivity contribution in [1.29, 1.82) is 0 Å². The normalized spacial score (nSPS) is 28.9. The van der Waals surface area contributed by atoms with Crippen molar-refractivity contribution in [1.82, 2.24) is 0 Å². The minimum Gasteiger partial charge on any atom is -0.464 e. The standard InChI is InChI=1S/C12H19NO2/c1-8-6-9-4-5-11(2,3)12(13,7-14)10(9)15-8/h6,14H,4-5,7,13H2,1-3H3. The van der Waals surface area contributed by atoms with Crippen LogP contribution in [0.4, 0.5) is 0 Å². The molecular weight excluding hydrogens is 190 g/mol. The Hall–Kier alpha value is -0.800. The zero-order chi connectivity index (χ0) is 11.3. The molecule has 1 atom stereocenters. The molecule has 84 valence electrons. The van der Waals surface area contributed by atoms with Crippen molar-refractivity contribution >= 4 is 0 Å². The highest BCUT2D eigenvalue weighted by Crippen LogP contribution is 2.47. The summed E-state index contributed by atoms with van der Waals surface area (Å²) in [6, 6.07) is 2.03. The van der Waals surface area contributed by atoms with Gasteiger partial charge in [-0.1, -0.05) is 13.8 Å². The SMILES string of the molecule is Cc1cc2c(o1)C(N)(CO)C(C)(C)CC2. The average Bonchev–Trinajstić information content (AvgIpc) is 2.54. The molecule has 0 bridgehead atoms. The van der Waals surface area contributed by atoms with Crippen LogP contribution in [-0.4, -0.2) is 11.7 Å². The fourth-order valence-corrected chi connectivity index (χ4v) is 2.39. The van der Waals surface area contributed by atoms with Crippen molar-refractivity contribution in [3.05, 3.63) is 23.2 Å². The van der Waals surface area contributed by atoms with Gasteiger partial charge in [0.15, 0.2) is 0 Å². The summed E-state index contributed by atoms with van der Waals surface area (Å²) in [5, 5.41) is 9.56. The molecule has 1 heterocycles. The van der Waals surface area contributed by atoms with E-state index in [1.165, 1.54) is 0 Å². The number of aliphatic hydroxyl groups excluding tert-OH is 1.